The fourth-order valence-corrected chi connectivity index (χ4v) is 6.88. The molecule has 0 radical (unpaired) electrons. The molecule has 0 unspecified atom stereocenters. The molecular weight excluding hydrogens is 853 g/mol. The summed E-state index contributed by atoms with van der Waals surface area (Å²) in [6.45, 7) is 11.7. The van der Waals surface area contributed by atoms with E-state index in [9.17, 15) is 19.2 Å². The zero-order chi connectivity index (χ0) is 47.9. The Bertz CT molecular complexity index is 3040. The summed E-state index contributed by atoms with van der Waals surface area (Å²) in [5, 5.41) is 16.3. The Labute approximate surface area is 386 Å². The van der Waals surface area contributed by atoms with Crippen LogP contribution < -0.4 is 10.6 Å². The number of carbonyl (C=O) groups excluding carboxylic acids is 3. The van der Waals surface area contributed by atoms with Crippen molar-refractivity contribution < 1.29 is 38.5 Å². The third-order valence-corrected chi connectivity index (χ3v) is 10.0. The van der Waals surface area contributed by atoms with Crippen LogP contribution in [0.4, 0.5) is 9.59 Å². The second-order valence-electron chi connectivity index (χ2n) is 17.4. The van der Waals surface area contributed by atoms with Gasteiger partial charge >= 0.3 is 24.1 Å². The van der Waals surface area contributed by atoms with Gasteiger partial charge in [-0.3, -0.25) is 0 Å². The second kappa shape index (κ2) is 19.8. The van der Waals surface area contributed by atoms with Crippen molar-refractivity contribution in [2.75, 3.05) is 7.11 Å². The van der Waals surface area contributed by atoms with Crippen molar-refractivity contribution in [1.82, 2.24) is 40.5 Å². The van der Waals surface area contributed by atoms with Gasteiger partial charge in [-0.05, 0) is 100 Å². The van der Waals surface area contributed by atoms with E-state index in [1.165, 1.54) is 19.8 Å². The van der Waals surface area contributed by atoms with Gasteiger partial charge in [0.15, 0.2) is 0 Å². The Balaban J connectivity index is 0.000000199. The van der Waals surface area contributed by atoms with Crippen LogP contribution in [0.1, 0.15) is 73.4 Å². The van der Waals surface area contributed by atoms with E-state index in [-0.39, 0.29) is 11.5 Å². The highest BCUT2D eigenvalue weighted by atomic mass is 16.6. The molecular formula is C51H50N8O8. The summed E-state index contributed by atoms with van der Waals surface area (Å²) in [5.74, 6) is -1.34. The van der Waals surface area contributed by atoms with Crippen LogP contribution in [0, 0.1) is 0 Å². The molecule has 16 nitrogen and oxygen atoms in total. The van der Waals surface area contributed by atoms with Crippen LogP contribution in [-0.4, -0.2) is 77.4 Å². The Hall–Kier alpha value is -8.40. The smallest absolute Gasteiger partial charge is 0.407 e. The summed E-state index contributed by atoms with van der Waals surface area (Å²) in [6.07, 6.45) is 2.12. The van der Waals surface area contributed by atoms with Crippen molar-refractivity contribution >= 4 is 46.2 Å². The number of esters is 1. The van der Waals surface area contributed by atoms with E-state index in [1.54, 1.807) is 36.4 Å². The average molecular weight is 903 g/mol. The summed E-state index contributed by atoms with van der Waals surface area (Å²) >= 11 is 0. The van der Waals surface area contributed by atoms with Crippen LogP contribution in [-0.2, 0) is 27.3 Å². The van der Waals surface area contributed by atoms with Crippen LogP contribution in [0.2, 0.25) is 0 Å². The third-order valence-electron chi connectivity index (χ3n) is 10.0. The normalized spacial score (nSPS) is 11.3. The molecule has 0 fully saturated rings. The number of hydrogen-bond donors (Lipinski definition) is 5. The van der Waals surface area contributed by atoms with Crippen LogP contribution >= 0.6 is 0 Å². The molecule has 0 saturated carbocycles. The predicted molar refractivity (Wildman–Crippen MR) is 254 cm³/mol. The maximum absolute atomic E-state index is 11.9. The molecule has 0 atom stereocenters. The molecule has 0 aliphatic carbocycles. The molecule has 67 heavy (non-hydrogen) atoms. The number of rotatable bonds is 10. The van der Waals surface area contributed by atoms with Gasteiger partial charge in [-0.1, -0.05) is 72.8 Å². The number of H-pyrrole nitrogens is 2. The van der Waals surface area contributed by atoms with E-state index < -0.39 is 29.4 Å². The topological polar surface area (TPSA) is 223 Å². The number of aromatic amines is 2. The monoisotopic (exact) mass is 902 g/mol. The van der Waals surface area contributed by atoms with Crippen molar-refractivity contribution in [3.63, 3.8) is 0 Å². The minimum absolute atomic E-state index is 0.233. The van der Waals surface area contributed by atoms with Crippen molar-refractivity contribution in [3.8, 4) is 45.0 Å². The minimum Gasteiger partial charge on any atom is -0.478 e. The van der Waals surface area contributed by atoms with Crippen LogP contribution in [0.25, 0.3) is 67.1 Å². The van der Waals surface area contributed by atoms with Crippen LogP contribution in [0.5, 0.6) is 0 Å². The van der Waals surface area contributed by atoms with Crippen molar-refractivity contribution in [2.45, 2.75) is 65.8 Å². The lowest BCUT2D eigenvalue weighted by Crippen LogP contribution is -2.32. The number of carboxylic acid groups (broad SMARTS) is 1. The molecule has 342 valence electrons. The summed E-state index contributed by atoms with van der Waals surface area (Å²) < 4.78 is 15.3. The van der Waals surface area contributed by atoms with Crippen molar-refractivity contribution in [2.24, 2.45) is 0 Å². The second-order valence-corrected chi connectivity index (χ2v) is 17.4. The first-order chi connectivity index (χ1) is 31.9. The molecule has 2 amide bonds. The minimum atomic E-state index is -0.962. The van der Waals surface area contributed by atoms with Gasteiger partial charge < -0.3 is 39.9 Å². The van der Waals surface area contributed by atoms with E-state index in [2.05, 4.69) is 40.5 Å². The standard InChI is InChI=1S/C26H26N4O4.C25H24N4O4/c1-26(2,3)34-25(32)27-14-16-5-7-18(8-6-16)22-20-13-21(30-23(20)29-15-28-22)17-9-11-19(12-10-17)24(31)33-4;1-25(2,3)33-24(32)26-13-15-4-6-17(7-5-15)21-19-12-20(29-22(19)28-14-27-21)16-8-10-18(11-9-16)23(30)31/h5-13,15H,14H2,1-4H3,(H,27,32)(H,28,29,30);4-12,14H,13H2,1-3H3,(H,26,32)(H,30,31)(H,27,28,29). The van der Waals surface area contributed by atoms with Gasteiger partial charge in [0, 0.05) is 46.4 Å². The average Bonchev–Trinajstić information content (AvgIpc) is 3.95. The lowest BCUT2D eigenvalue weighted by molar-refractivity contribution is 0.0512. The molecule has 16 heteroatoms. The lowest BCUT2D eigenvalue weighted by Gasteiger charge is -2.19. The lowest BCUT2D eigenvalue weighted by atomic mass is 10.1. The van der Waals surface area contributed by atoms with Gasteiger partial charge in [0.1, 0.15) is 35.2 Å². The number of amides is 2. The third kappa shape index (κ3) is 12.0. The SMILES string of the molecule is CC(C)(C)OC(=O)NCc1ccc(-c2ncnc3[nH]c(-c4ccc(C(=O)O)cc4)cc23)cc1.COC(=O)c1ccc(-c2cc3c(-c4ccc(CNC(=O)OC(C)(C)C)cc4)ncnc3[nH]2)cc1. The van der Waals surface area contributed by atoms with Crippen molar-refractivity contribution in [1.29, 1.82) is 0 Å². The summed E-state index contributed by atoms with van der Waals surface area (Å²) in [4.78, 5) is 70.8. The number of ether oxygens (including phenoxy) is 3. The zero-order valence-corrected chi connectivity index (χ0v) is 38.1. The van der Waals surface area contributed by atoms with Gasteiger partial charge in [-0.25, -0.2) is 39.1 Å². The fourth-order valence-electron chi connectivity index (χ4n) is 6.88. The summed E-state index contributed by atoms with van der Waals surface area (Å²) in [7, 11) is 1.36. The first kappa shape index (κ1) is 46.6. The maximum atomic E-state index is 11.9. The van der Waals surface area contributed by atoms with Gasteiger partial charge in [0.2, 0.25) is 0 Å². The highest BCUT2D eigenvalue weighted by Gasteiger charge is 2.18. The Kier molecular flexibility index (Phi) is 13.8. The number of carbonyl (C=O) groups is 4. The molecule has 4 aromatic carbocycles. The molecule has 4 heterocycles. The van der Waals surface area contributed by atoms with Crippen molar-refractivity contribution in [3.05, 3.63) is 144 Å². The number of aromatic carboxylic acids is 1. The predicted octanol–water partition coefficient (Wildman–Crippen LogP) is 10.1. The van der Waals surface area contributed by atoms with E-state index in [1.807, 2.05) is 114 Å². The number of alkyl carbamates (subject to hydrolysis) is 2. The number of carboxylic acids is 1. The first-order valence-corrected chi connectivity index (χ1v) is 21.3. The Morgan fingerprint density at radius 1 is 0.537 bits per heavy atom. The molecule has 5 N–H and O–H groups in total. The summed E-state index contributed by atoms with van der Waals surface area (Å²) in [6, 6.07) is 33.3. The Morgan fingerprint density at radius 3 is 1.27 bits per heavy atom. The Morgan fingerprint density at radius 2 is 0.910 bits per heavy atom. The molecule has 4 aromatic heterocycles. The highest BCUT2D eigenvalue weighted by Crippen LogP contribution is 2.32. The van der Waals surface area contributed by atoms with Gasteiger partial charge in [-0.15, -0.1) is 0 Å². The number of hydrogen-bond acceptors (Lipinski definition) is 11. The van der Waals surface area contributed by atoms with E-state index in [0.717, 1.165) is 66.9 Å². The number of aromatic nitrogens is 6. The number of methoxy groups -OCH3 is 1. The molecule has 0 spiro atoms. The molecule has 0 aliphatic rings. The van der Waals surface area contributed by atoms with Gasteiger partial charge in [-0.2, -0.15) is 0 Å². The summed E-state index contributed by atoms with van der Waals surface area (Å²) in [5.41, 5.74) is 9.80. The number of benzene rings is 4. The highest BCUT2D eigenvalue weighted by molar-refractivity contribution is 5.96. The zero-order valence-electron chi connectivity index (χ0n) is 38.1. The number of nitrogens with zero attached hydrogens (tertiary/aromatic N) is 4. The van der Waals surface area contributed by atoms with Crippen LogP contribution in [0.3, 0.4) is 0 Å². The molecule has 0 saturated heterocycles. The largest absolute Gasteiger partial charge is 0.478 e. The van der Waals surface area contributed by atoms with Gasteiger partial charge in [0.05, 0.1) is 29.6 Å². The molecule has 8 aromatic rings. The number of nitrogens with one attached hydrogen (secondary N) is 4. The van der Waals surface area contributed by atoms with Crippen LogP contribution in [0.15, 0.2) is 122 Å². The molecule has 8 rings (SSSR count). The first-order valence-electron chi connectivity index (χ1n) is 21.3. The fraction of sp³-hybridized carbons (Fsp3) is 0.216. The maximum Gasteiger partial charge on any atom is 0.407 e. The quantitative estimate of drug-likeness (QED) is 0.0639. The molecule has 0 aliphatic heterocycles. The van der Waals surface area contributed by atoms with E-state index in [0.29, 0.717) is 29.9 Å². The number of fused-ring (bicyclic) bond motifs is 2. The van der Waals surface area contributed by atoms with Gasteiger partial charge in [0.25, 0.3) is 0 Å². The molecule has 0 bridgehead atoms. The van der Waals surface area contributed by atoms with E-state index in [4.69, 9.17) is 19.3 Å². The van der Waals surface area contributed by atoms with E-state index >= 15 is 0 Å².